The summed E-state index contributed by atoms with van der Waals surface area (Å²) in [6.45, 7) is 12.1. The van der Waals surface area contributed by atoms with Crippen LogP contribution in [0.4, 0.5) is 17.2 Å². The number of halogens is 1. The molecule has 3 aromatic rings. The summed E-state index contributed by atoms with van der Waals surface area (Å²) in [5, 5.41) is 0.318. The van der Waals surface area contributed by atoms with Crippen molar-refractivity contribution in [3.05, 3.63) is 89.7 Å². The monoisotopic (exact) mass is 455 g/mol. The Kier molecular flexibility index (Phi) is 6.43. The van der Waals surface area contributed by atoms with E-state index >= 15 is 0 Å². The Hall–Kier alpha value is -2.83. The SMILES string of the molecule is C=CN(c1ccccc1C)c1ncc(Cl)cc1NS(=O)(=O)c1ccc(C(C)(C)C)cc1. The van der Waals surface area contributed by atoms with Crippen LogP contribution in [0, 0.1) is 6.92 Å². The fourth-order valence-corrected chi connectivity index (χ4v) is 4.38. The van der Waals surface area contributed by atoms with Crippen LogP contribution in [-0.4, -0.2) is 13.4 Å². The molecule has 2 aromatic carbocycles. The molecule has 162 valence electrons. The zero-order valence-corrected chi connectivity index (χ0v) is 19.6. The number of para-hydroxylation sites is 1. The maximum atomic E-state index is 13.1. The van der Waals surface area contributed by atoms with Crippen LogP contribution >= 0.6 is 11.6 Å². The molecule has 0 amide bonds. The normalized spacial score (nSPS) is 11.8. The number of hydrogen-bond donors (Lipinski definition) is 1. The Labute approximate surface area is 189 Å². The Morgan fingerprint density at radius 3 is 2.32 bits per heavy atom. The lowest BCUT2D eigenvalue weighted by Gasteiger charge is -2.24. The minimum Gasteiger partial charge on any atom is -0.300 e. The highest BCUT2D eigenvalue weighted by molar-refractivity contribution is 7.92. The Morgan fingerprint density at radius 1 is 1.10 bits per heavy atom. The molecule has 1 aromatic heterocycles. The predicted octanol–water partition coefficient (Wildman–Crippen LogP) is 6.42. The lowest BCUT2D eigenvalue weighted by Crippen LogP contribution is -2.18. The van der Waals surface area contributed by atoms with Crippen LogP contribution in [0.5, 0.6) is 0 Å². The average Bonchev–Trinajstić information content (AvgIpc) is 2.70. The van der Waals surface area contributed by atoms with E-state index in [-0.39, 0.29) is 16.0 Å². The second-order valence-electron chi connectivity index (χ2n) is 8.24. The van der Waals surface area contributed by atoms with Crippen LogP contribution in [0.3, 0.4) is 0 Å². The zero-order valence-electron chi connectivity index (χ0n) is 18.1. The third-order valence-corrected chi connectivity index (χ3v) is 6.48. The summed E-state index contributed by atoms with van der Waals surface area (Å²) >= 11 is 6.15. The number of nitrogens with zero attached hydrogens (tertiary/aromatic N) is 2. The Balaban J connectivity index is 2.02. The largest absolute Gasteiger partial charge is 0.300 e. The van der Waals surface area contributed by atoms with Crippen molar-refractivity contribution in [3.63, 3.8) is 0 Å². The predicted molar refractivity (Wildman–Crippen MR) is 129 cm³/mol. The molecule has 0 radical (unpaired) electrons. The number of pyridine rings is 1. The number of hydrogen-bond acceptors (Lipinski definition) is 4. The molecule has 3 rings (SSSR count). The van der Waals surface area contributed by atoms with Crippen LogP contribution < -0.4 is 9.62 Å². The number of anilines is 3. The molecule has 0 aliphatic carbocycles. The maximum Gasteiger partial charge on any atom is 0.262 e. The first kappa shape index (κ1) is 22.8. The van der Waals surface area contributed by atoms with E-state index in [0.717, 1.165) is 16.8 Å². The van der Waals surface area contributed by atoms with Crippen molar-refractivity contribution in [2.45, 2.75) is 38.0 Å². The van der Waals surface area contributed by atoms with Gasteiger partial charge in [-0.15, -0.1) is 0 Å². The topological polar surface area (TPSA) is 62.3 Å². The summed E-state index contributed by atoms with van der Waals surface area (Å²) in [6.07, 6.45) is 3.07. The van der Waals surface area contributed by atoms with Gasteiger partial charge in [-0.25, -0.2) is 13.4 Å². The van der Waals surface area contributed by atoms with Crippen LogP contribution in [0.25, 0.3) is 0 Å². The summed E-state index contributed by atoms with van der Waals surface area (Å²) in [6, 6.07) is 16.1. The quantitative estimate of drug-likeness (QED) is 0.465. The van der Waals surface area contributed by atoms with E-state index in [1.54, 1.807) is 29.3 Å². The summed E-state index contributed by atoms with van der Waals surface area (Å²) < 4.78 is 28.9. The van der Waals surface area contributed by atoms with E-state index in [1.807, 2.05) is 43.3 Å². The van der Waals surface area contributed by atoms with Crippen molar-refractivity contribution >= 4 is 38.8 Å². The fraction of sp³-hybridized carbons (Fsp3) is 0.208. The second-order valence-corrected chi connectivity index (χ2v) is 10.4. The first-order chi connectivity index (χ1) is 14.5. The van der Waals surface area contributed by atoms with Gasteiger partial charge >= 0.3 is 0 Å². The van der Waals surface area contributed by atoms with E-state index in [2.05, 4.69) is 37.1 Å². The van der Waals surface area contributed by atoms with Gasteiger partial charge < -0.3 is 4.90 Å². The van der Waals surface area contributed by atoms with Gasteiger partial charge in [0.1, 0.15) is 0 Å². The number of aromatic nitrogens is 1. The highest BCUT2D eigenvalue weighted by Crippen LogP contribution is 2.35. The van der Waals surface area contributed by atoms with Gasteiger partial charge in [-0.3, -0.25) is 4.72 Å². The number of rotatable bonds is 6. The molecule has 0 fully saturated rings. The van der Waals surface area contributed by atoms with E-state index in [0.29, 0.717) is 10.8 Å². The standard InChI is InChI=1S/C24H26ClN3O2S/c1-6-28(22-10-8-7-9-17(22)2)23-21(15-19(25)16-26-23)27-31(29,30)20-13-11-18(12-14-20)24(3,4)5/h6-16,27H,1H2,2-5H3. The fourth-order valence-electron chi connectivity index (χ4n) is 3.17. The summed E-state index contributed by atoms with van der Waals surface area (Å²) in [5.41, 5.74) is 3.06. The molecule has 0 bridgehead atoms. The molecule has 1 N–H and O–H groups in total. The first-order valence-electron chi connectivity index (χ1n) is 9.79. The summed E-state index contributed by atoms with van der Waals surface area (Å²) in [5.74, 6) is 0.378. The molecular formula is C24H26ClN3O2S. The van der Waals surface area contributed by atoms with Crippen molar-refractivity contribution < 1.29 is 8.42 Å². The van der Waals surface area contributed by atoms with Crippen molar-refractivity contribution in [2.24, 2.45) is 0 Å². The smallest absolute Gasteiger partial charge is 0.262 e. The lowest BCUT2D eigenvalue weighted by atomic mass is 9.87. The molecule has 7 heteroatoms. The van der Waals surface area contributed by atoms with Crippen LogP contribution in [0.1, 0.15) is 31.9 Å². The molecule has 31 heavy (non-hydrogen) atoms. The first-order valence-corrected chi connectivity index (χ1v) is 11.7. The van der Waals surface area contributed by atoms with E-state index in [1.165, 1.54) is 6.20 Å². The van der Waals surface area contributed by atoms with Crippen LogP contribution in [0.15, 0.2) is 78.5 Å². The van der Waals surface area contributed by atoms with E-state index in [9.17, 15) is 8.42 Å². The van der Waals surface area contributed by atoms with Gasteiger partial charge in [0.2, 0.25) is 0 Å². The average molecular weight is 456 g/mol. The second kappa shape index (κ2) is 8.73. The number of aryl methyl sites for hydroxylation is 1. The van der Waals surface area contributed by atoms with E-state index < -0.39 is 10.0 Å². The third kappa shape index (κ3) is 5.09. The van der Waals surface area contributed by atoms with Gasteiger partial charge in [0.15, 0.2) is 5.82 Å². The van der Waals surface area contributed by atoms with Gasteiger partial charge in [0, 0.05) is 18.1 Å². The maximum absolute atomic E-state index is 13.1. The molecule has 0 unspecified atom stereocenters. The van der Waals surface area contributed by atoms with Gasteiger partial charge in [0.05, 0.1) is 15.6 Å². The summed E-state index contributed by atoms with van der Waals surface area (Å²) in [7, 11) is -3.86. The lowest BCUT2D eigenvalue weighted by molar-refractivity contribution is 0.587. The van der Waals surface area contributed by atoms with Crippen molar-refractivity contribution in [3.8, 4) is 0 Å². The Bertz CT molecular complexity index is 1200. The highest BCUT2D eigenvalue weighted by Gasteiger charge is 2.22. The molecule has 1 heterocycles. The van der Waals surface area contributed by atoms with Crippen molar-refractivity contribution in [1.82, 2.24) is 4.98 Å². The van der Waals surface area contributed by atoms with Gasteiger partial charge in [-0.05, 0) is 47.7 Å². The summed E-state index contributed by atoms with van der Waals surface area (Å²) in [4.78, 5) is 6.28. The van der Waals surface area contributed by atoms with Crippen molar-refractivity contribution in [1.29, 1.82) is 0 Å². The Morgan fingerprint density at radius 2 is 1.74 bits per heavy atom. The number of benzene rings is 2. The highest BCUT2D eigenvalue weighted by atomic mass is 35.5. The molecule has 0 aliphatic rings. The number of sulfonamides is 1. The minimum atomic E-state index is -3.86. The zero-order chi connectivity index (χ0) is 22.8. The van der Waals surface area contributed by atoms with Crippen molar-refractivity contribution in [2.75, 3.05) is 9.62 Å². The molecule has 0 atom stereocenters. The van der Waals surface area contributed by atoms with Crippen LogP contribution in [0.2, 0.25) is 5.02 Å². The van der Waals surface area contributed by atoms with E-state index in [4.69, 9.17) is 11.6 Å². The molecule has 0 spiro atoms. The van der Waals surface area contributed by atoms with Gasteiger partial charge in [-0.2, -0.15) is 0 Å². The molecular weight excluding hydrogens is 430 g/mol. The van der Waals surface area contributed by atoms with Crippen LogP contribution in [-0.2, 0) is 15.4 Å². The number of nitrogens with one attached hydrogen (secondary N) is 1. The van der Waals surface area contributed by atoms with Gasteiger partial charge in [-0.1, -0.05) is 69.3 Å². The molecule has 0 aliphatic heterocycles. The molecule has 0 saturated heterocycles. The molecule has 5 nitrogen and oxygen atoms in total. The minimum absolute atomic E-state index is 0.0717. The third-order valence-electron chi connectivity index (χ3n) is 4.89. The molecule has 0 saturated carbocycles. The van der Waals surface area contributed by atoms with Gasteiger partial charge in [0.25, 0.3) is 10.0 Å².